The van der Waals surface area contributed by atoms with Gasteiger partial charge in [0.15, 0.2) is 0 Å². The van der Waals surface area contributed by atoms with E-state index in [1.165, 1.54) is 0 Å². The van der Waals surface area contributed by atoms with Crippen LogP contribution in [0.2, 0.25) is 0 Å². The van der Waals surface area contributed by atoms with Gasteiger partial charge in [-0.3, -0.25) is 4.79 Å². The maximum absolute atomic E-state index is 10.9. The van der Waals surface area contributed by atoms with Crippen molar-refractivity contribution >= 4 is 5.78 Å². The predicted molar refractivity (Wildman–Crippen MR) is 37.7 cm³/mol. The highest BCUT2D eigenvalue weighted by atomic mass is 16.3. The Kier molecular flexibility index (Phi) is 2.40. The summed E-state index contributed by atoms with van der Waals surface area (Å²) in [6.45, 7) is 2.02. The standard InChI is InChI=1S/C7H13NO2/c1-5-2-7(10)3-6(4-9)8-5/h5-6,8-9H,2-4H2,1H3. The third kappa shape index (κ3) is 1.78. The number of hydrogen-bond donors (Lipinski definition) is 2. The zero-order chi connectivity index (χ0) is 7.56. The van der Waals surface area contributed by atoms with Crippen molar-refractivity contribution in [2.24, 2.45) is 0 Å². The Hall–Kier alpha value is -0.410. The van der Waals surface area contributed by atoms with Gasteiger partial charge in [0.25, 0.3) is 0 Å². The molecule has 1 heterocycles. The number of piperidine rings is 1. The number of carbonyl (C=O) groups excluding carboxylic acids is 1. The Morgan fingerprint density at radius 1 is 1.70 bits per heavy atom. The summed E-state index contributed by atoms with van der Waals surface area (Å²) >= 11 is 0. The van der Waals surface area contributed by atoms with Crippen LogP contribution in [0.3, 0.4) is 0 Å². The number of ketones is 1. The minimum absolute atomic E-state index is 0.00347. The summed E-state index contributed by atoms with van der Waals surface area (Å²) in [5, 5.41) is 11.8. The second-order valence-corrected chi connectivity index (χ2v) is 2.89. The zero-order valence-corrected chi connectivity index (χ0v) is 6.13. The van der Waals surface area contributed by atoms with Gasteiger partial charge in [-0.05, 0) is 6.92 Å². The molecule has 0 spiro atoms. The van der Waals surface area contributed by atoms with Crippen molar-refractivity contribution in [1.29, 1.82) is 0 Å². The van der Waals surface area contributed by atoms with Gasteiger partial charge < -0.3 is 10.4 Å². The minimum atomic E-state index is -0.00347. The number of aliphatic hydroxyl groups excluding tert-OH is 1. The van der Waals surface area contributed by atoms with Crippen molar-refractivity contribution < 1.29 is 9.90 Å². The molecule has 3 nitrogen and oxygen atoms in total. The first-order chi connectivity index (χ1) is 4.72. The van der Waals surface area contributed by atoms with Gasteiger partial charge in [-0.1, -0.05) is 0 Å². The van der Waals surface area contributed by atoms with Crippen LogP contribution in [0, 0.1) is 0 Å². The number of nitrogens with one attached hydrogen (secondary N) is 1. The summed E-state index contributed by atoms with van der Waals surface area (Å²) in [7, 11) is 0. The summed E-state index contributed by atoms with van der Waals surface area (Å²) in [5.74, 6) is 0.255. The summed E-state index contributed by atoms with van der Waals surface area (Å²) < 4.78 is 0. The SMILES string of the molecule is CC1CC(=O)CC(CO)N1. The molecule has 2 atom stereocenters. The molecule has 0 saturated carbocycles. The average molecular weight is 143 g/mol. The third-order valence-corrected chi connectivity index (χ3v) is 1.75. The fourth-order valence-corrected chi connectivity index (χ4v) is 1.34. The van der Waals surface area contributed by atoms with Crippen molar-refractivity contribution in [3.05, 3.63) is 0 Å². The fourth-order valence-electron chi connectivity index (χ4n) is 1.34. The van der Waals surface area contributed by atoms with Crippen LogP contribution in [0.1, 0.15) is 19.8 Å². The lowest BCUT2D eigenvalue weighted by atomic mass is 9.99. The Balaban J connectivity index is 2.42. The first kappa shape index (κ1) is 7.69. The molecule has 0 aromatic carbocycles. The van der Waals surface area contributed by atoms with E-state index in [0.29, 0.717) is 12.8 Å². The van der Waals surface area contributed by atoms with Crippen LogP contribution in [0.4, 0.5) is 0 Å². The second kappa shape index (κ2) is 3.12. The molecule has 1 aliphatic heterocycles. The van der Waals surface area contributed by atoms with Crippen molar-refractivity contribution in [2.45, 2.75) is 31.8 Å². The van der Waals surface area contributed by atoms with E-state index in [4.69, 9.17) is 5.11 Å². The monoisotopic (exact) mass is 143 g/mol. The molecule has 2 unspecified atom stereocenters. The molecule has 2 N–H and O–H groups in total. The molecule has 0 bridgehead atoms. The largest absolute Gasteiger partial charge is 0.395 e. The van der Waals surface area contributed by atoms with Crippen molar-refractivity contribution in [3.63, 3.8) is 0 Å². The van der Waals surface area contributed by atoms with E-state index in [2.05, 4.69) is 5.32 Å². The molecule has 58 valence electrons. The van der Waals surface area contributed by atoms with E-state index < -0.39 is 0 Å². The van der Waals surface area contributed by atoms with Crippen molar-refractivity contribution in [3.8, 4) is 0 Å². The van der Waals surface area contributed by atoms with Gasteiger partial charge in [0.1, 0.15) is 5.78 Å². The highest BCUT2D eigenvalue weighted by Gasteiger charge is 2.22. The summed E-state index contributed by atoms with van der Waals surface area (Å²) in [6.07, 6.45) is 1.09. The van der Waals surface area contributed by atoms with Crippen LogP contribution >= 0.6 is 0 Å². The Morgan fingerprint density at radius 3 is 2.90 bits per heavy atom. The first-order valence-electron chi connectivity index (χ1n) is 3.61. The van der Waals surface area contributed by atoms with Gasteiger partial charge >= 0.3 is 0 Å². The highest BCUT2D eigenvalue weighted by Crippen LogP contribution is 2.07. The molecular weight excluding hydrogens is 130 g/mol. The van der Waals surface area contributed by atoms with Crippen molar-refractivity contribution in [2.75, 3.05) is 6.61 Å². The lowest BCUT2D eigenvalue weighted by Crippen LogP contribution is -2.46. The second-order valence-electron chi connectivity index (χ2n) is 2.89. The fraction of sp³-hybridized carbons (Fsp3) is 0.857. The van der Waals surface area contributed by atoms with E-state index in [9.17, 15) is 4.79 Å². The minimum Gasteiger partial charge on any atom is -0.395 e. The Bertz CT molecular complexity index is 136. The molecule has 0 radical (unpaired) electrons. The smallest absolute Gasteiger partial charge is 0.136 e. The van der Waals surface area contributed by atoms with Crippen LogP contribution < -0.4 is 5.32 Å². The molecule has 0 aromatic heterocycles. The number of Topliss-reactive ketones (excluding diaryl/α,β-unsaturated/α-hetero) is 1. The first-order valence-corrected chi connectivity index (χ1v) is 3.61. The maximum atomic E-state index is 10.9. The van der Waals surface area contributed by atoms with Gasteiger partial charge in [0.05, 0.1) is 6.61 Å². The number of rotatable bonds is 1. The van der Waals surface area contributed by atoms with E-state index in [-0.39, 0.29) is 24.5 Å². The van der Waals surface area contributed by atoms with E-state index in [1.807, 2.05) is 6.92 Å². The average Bonchev–Trinajstić information content (AvgIpc) is 1.85. The van der Waals surface area contributed by atoms with Crippen LogP contribution in [0.5, 0.6) is 0 Å². The quantitative estimate of drug-likeness (QED) is 0.529. The molecule has 0 aliphatic carbocycles. The van der Waals surface area contributed by atoms with E-state index >= 15 is 0 Å². The van der Waals surface area contributed by atoms with Gasteiger partial charge in [0.2, 0.25) is 0 Å². The molecule has 0 aromatic rings. The number of hydrogen-bond acceptors (Lipinski definition) is 3. The van der Waals surface area contributed by atoms with Gasteiger partial charge in [0, 0.05) is 24.9 Å². The maximum Gasteiger partial charge on any atom is 0.136 e. The summed E-state index contributed by atoms with van der Waals surface area (Å²) in [4.78, 5) is 10.9. The molecular formula is C7H13NO2. The normalized spacial score (nSPS) is 34.4. The van der Waals surface area contributed by atoms with Crippen LogP contribution in [0.15, 0.2) is 0 Å². The molecule has 1 saturated heterocycles. The van der Waals surface area contributed by atoms with Gasteiger partial charge in [-0.2, -0.15) is 0 Å². The third-order valence-electron chi connectivity index (χ3n) is 1.75. The van der Waals surface area contributed by atoms with Crippen LogP contribution in [0.25, 0.3) is 0 Å². The van der Waals surface area contributed by atoms with E-state index in [0.717, 1.165) is 0 Å². The molecule has 0 amide bonds. The van der Waals surface area contributed by atoms with Gasteiger partial charge in [-0.15, -0.1) is 0 Å². The van der Waals surface area contributed by atoms with Crippen molar-refractivity contribution in [1.82, 2.24) is 5.32 Å². The van der Waals surface area contributed by atoms with E-state index in [1.54, 1.807) is 0 Å². The highest BCUT2D eigenvalue weighted by molar-refractivity contribution is 5.80. The molecule has 10 heavy (non-hydrogen) atoms. The zero-order valence-electron chi connectivity index (χ0n) is 6.13. The predicted octanol–water partition coefficient (Wildman–Crippen LogP) is -0.312. The number of carbonyl (C=O) groups is 1. The van der Waals surface area contributed by atoms with Crippen LogP contribution in [-0.2, 0) is 4.79 Å². The topological polar surface area (TPSA) is 49.3 Å². The molecule has 1 fully saturated rings. The Labute approximate surface area is 60.4 Å². The molecule has 1 aliphatic rings. The van der Waals surface area contributed by atoms with Gasteiger partial charge in [-0.25, -0.2) is 0 Å². The molecule has 1 rings (SSSR count). The van der Waals surface area contributed by atoms with Crippen LogP contribution in [-0.4, -0.2) is 29.6 Å². The number of aliphatic hydroxyl groups is 1. The summed E-state index contributed by atoms with van der Waals surface area (Å²) in [6, 6.07) is 0.231. The lowest BCUT2D eigenvalue weighted by molar-refractivity contribution is -0.121. The summed E-state index contributed by atoms with van der Waals surface area (Å²) in [5.41, 5.74) is 0. The lowest BCUT2D eigenvalue weighted by Gasteiger charge is -2.26. The Morgan fingerprint density at radius 2 is 2.40 bits per heavy atom. The molecule has 3 heteroatoms.